The fraction of sp³-hybridized carbons (Fsp3) is 0.312. The predicted molar refractivity (Wildman–Crippen MR) is 95.8 cm³/mol. The first-order chi connectivity index (χ1) is 12.8. The number of benzene rings is 1. The Labute approximate surface area is 159 Å². The van der Waals surface area contributed by atoms with Gasteiger partial charge in [-0.25, -0.2) is 13.1 Å². The number of carbonyl (C=O) groups is 1. The number of hydrogen-bond donors (Lipinski definition) is 2. The summed E-state index contributed by atoms with van der Waals surface area (Å²) in [6.45, 7) is -3.19. The van der Waals surface area contributed by atoms with E-state index < -0.39 is 29.1 Å². The molecule has 0 fully saturated rings. The summed E-state index contributed by atoms with van der Waals surface area (Å²) in [4.78, 5) is 11.8. The van der Waals surface area contributed by atoms with Crippen molar-refractivity contribution in [1.29, 1.82) is 0 Å². The average molecular weight is 420 g/mol. The van der Waals surface area contributed by atoms with Crippen LogP contribution in [0.25, 0.3) is 0 Å². The van der Waals surface area contributed by atoms with Crippen LogP contribution in [0.1, 0.15) is 5.56 Å². The zero-order valence-corrected chi connectivity index (χ0v) is 15.9. The molecule has 0 aliphatic carbocycles. The average Bonchev–Trinajstić information content (AvgIpc) is 3.15. The SMILES string of the molecule is COc1ccc(CCNC(=O)CNS(=O)(=O)c2cccs2)cc1OC(F)F. The number of thiophene rings is 1. The van der Waals surface area contributed by atoms with Gasteiger partial charge in [-0.3, -0.25) is 4.79 Å². The van der Waals surface area contributed by atoms with Crippen molar-refractivity contribution >= 4 is 27.3 Å². The Morgan fingerprint density at radius 3 is 2.67 bits per heavy atom. The van der Waals surface area contributed by atoms with Gasteiger partial charge in [-0.2, -0.15) is 8.78 Å². The molecular weight excluding hydrogens is 402 g/mol. The quantitative estimate of drug-likeness (QED) is 0.613. The third-order valence-electron chi connectivity index (χ3n) is 3.36. The molecule has 1 aromatic carbocycles. The van der Waals surface area contributed by atoms with Crippen LogP contribution < -0.4 is 19.5 Å². The molecule has 0 unspecified atom stereocenters. The van der Waals surface area contributed by atoms with Crippen molar-refractivity contribution < 1.29 is 31.5 Å². The molecule has 2 rings (SSSR count). The molecule has 7 nitrogen and oxygen atoms in total. The number of halogens is 2. The minimum atomic E-state index is -3.71. The third kappa shape index (κ3) is 6.45. The Balaban J connectivity index is 1.82. The number of rotatable bonds is 10. The van der Waals surface area contributed by atoms with Crippen molar-refractivity contribution in [3.05, 3.63) is 41.3 Å². The van der Waals surface area contributed by atoms with Crippen LogP contribution in [0.3, 0.4) is 0 Å². The lowest BCUT2D eigenvalue weighted by Crippen LogP contribution is -2.37. The Morgan fingerprint density at radius 1 is 1.26 bits per heavy atom. The topological polar surface area (TPSA) is 93.7 Å². The molecule has 0 spiro atoms. The van der Waals surface area contributed by atoms with Crippen LogP contribution in [0.5, 0.6) is 11.5 Å². The van der Waals surface area contributed by atoms with Crippen molar-refractivity contribution in [2.24, 2.45) is 0 Å². The van der Waals surface area contributed by atoms with E-state index in [0.717, 1.165) is 11.3 Å². The molecule has 0 saturated carbocycles. The number of ether oxygens (including phenoxy) is 2. The van der Waals surface area contributed by atoms with Gasteiger partial charge in [-0.1, -0.05) is 12.1 Å². The lowest BCUT2D eigenvalue weighted by atomic mass is 10.1. The maximum absolute atomic E-state index is 12.4. The monoisotopic (exact) mass is 420 g/mol. The van der Waals surface area contributed by atoms with Crippen LogP contribution in [-0.2, 0) is 21.2 Å². The Hall–Kier alpha value is -2.24. The normalized spacial score (nSPS) is 11.4. The van der Waals surface area contributed by atoms with E-state index in [-0.39, 0.29) is 22.3 Å². The first-order valence-electron chi connectivity index (χ1n) is 7.73. The zero-order chi connectivity index (χ0) is 19.9. The van der Waals surface area contributed by atoms with Gasteiger partial charge in [0.25, 0.3) is 10.0 Å². The minimum absolute atomic E-state index is 0.0972. The second kappa shape index (κ2) is 9.62. The van der Waals surface area contributed by atoms with Gasteiger partial charge >= 0.3 is 6.61 Å². The third-order valence-corrected chi connectivity index (χ3v) is 6.16. The number of amides is 1. The molecular formula is C16H18F2N2O5S2. The summed E-state index contributed by atoms with van der Waals surface area (Å²) in [5.41, 5.74) is 0.644. The summed E-state index contributed by atoms with van der Waals surface area (Å²) in [7, 11) is -2.37. The van der Waals surface area contributed by atoms with Gasteiger partial charge in [0.1, 0.15) is 4.21 Å². The molecule has 0 radical (unpaired) electrons. The van der Waals surface area contributed by atoms with E-state index in [9.17, 15) is 22.0 Å². The number of carbonyl (C=O) groups excluding carboxylic acids is 1. The zero-order valence-electron chi connectivity index (χ0n) is 14.3. The fourth-order valence-corrected chi connectivity index (χ4v) is 4.14. The van der Waals surface area contributed by atoms with E-state index >= 15 is 0 Å². The molecule has 2 N–H and O–H groups in total. The molecule has 0 bridgehead atoms. The standard InChI is InChI=1S/C16H18F2N2O5S2/c1-24-12-5-4-11(9-13(12)25-16(17)18)6-7-19-14(21)10-20-27(22,23)15-3-2-8-26-15/h2-5,8-9,16,20H,6-7,10H2,1H3,(H,19,21). The second-order valence-corrected chi connectivity index (χ2v) is 8.16. The van der Waals surface area contributed by atoms with Gasteiger partial charge in [0.15, 0.2) is 11.5 Å². The summed E-state index contributed by atoms with van der Waals surface area (Å²) < 4.78 is 60.3. The molecule has 0 aliphatic heterocycles. The van der Waals surface area contributed by atoms with Crippen molar-refractivity contribution in [1.82, 2.24) is 10.0 Å². The van der Waals surface area contributed by atoms with E-state index in [4.69, 9.17) is 4.74 Å². The van der Waals surface area contributed by atoms with Gasteiger partial charge in [0.2, 0.25) is 5.91 Å². The van der Waals surface area contributed by atoms with Gasteiger partial charge in [0.05, 0.1) is 13.7 Å². The second-order valence-electron chi connectivity index (χ2n) is 5.22. The molecule has 0 aliphatic rings. The first kappa shape index (κ1) is 21.1. The summed E-state index contributed by atoms with van der Waals surface area (Å²) in [6.07, 6.45) is 0.340. The van der Waals surface area contributed by atoms with E-state index in [0.29, 0.717) is 12.0 Å². The van der Waals surface area contributed by atoms with Gasteiger partial charge in [-0.05, 0) is 35.6 Å². The molecule has 148 valence electrons. The van der Waals surface area contributed by atoms with Crippen LogP contribution in [0.4, 0.5) is 8.78 Å². The largest absolute Gasteiger partial charge is 0.493 e. The summed E-state index contributed by atoms with van der Waals surface area (Å²) in [5, 5.41) is 4.18. The first-order valence-corrected chi connectivity index (χ1v) is 10.1. The van der Waals surface area contributed by atoms with Crippen molar-refractivity contribution in [3.8, 4) is 11.5 Å². The Kier molecular flexibility index (Phi) is 7.51. The highest BCUT2D eigenvalue weighted by Crippen LogP contribution is 2.29. The molecule has 27 heavy (non-hydrogen) atoms. The van der Waals surface area contributed by atoms with Gasteiger partial charge in [0, 0.05) is 6.54 Å². The number of hydrogen-bond acceptors (Lipinski definition) is 6. The number of sulfonamides is 1. The van der Waals surface area contributed by atoms with Gasteiger partial charge < -0.3 is 14.8 Å². The molecule has 1 amide bonds. The molecule has 11 heteroatoms. The lowest BCUT2D eigenvalue weighted by molar-refractivity contribution is -0.119. The van der Waals surface area contributed by atoms with Gasteiger partial charge in [-0.15, -0.1) is 11.3 Å². The molecule has 2 aromatic rings. The van der Waals surface area contributed by atoms with Crippen molar-refractivity contribution in [3.63, 3.8) is 0 Å². The highest BCUT2D eigenvalue weighted by atomic mass is 32.2. The molecule has 1 aromatic heterocycles. The van der Waals surface area contributed by atoms with Crippen LogP contribution in [0.2, 0.25) is 0 Å². The molecule has 0 atom stereocenters. The predicted octanol–water partition coefficient (Wildman–Crippen LogP) is 2.00. The van der Waals surface area contributed by atoms with E-state index in [2.05, 4.69) is 14.8 Å². The number of nitrogens with one attached hydrogen (secondary N) is 2. The van der Waals surface area contributed by atoms with Crippen LogP contribution in [0.15, 0.2) is 39.9 Å². The number of methoxy groups -OCH3 is 1. The maximum Gasteiger partial charge on any atom is 0.387 e. The number of alkyl halides is 2. The van der Waals surface area contributed by atoms with Crippen molar-refractivity contribution in [2.45, 2.75) is 17.2 Å². The highest BCUT2D eigenvalue weighted by Gasteiger charge is 2.16. The lowest BCUT2D eigenvalue weighted by Gasteiger charge is -2.12. The Morgan fingerprint density at radius 2 is 2.04 bits per heavy atom. The van der Waals surface area contributed by atoms with E-state index in [1.165, 1.54) is 25.3 Å². The van der Waals surface area contributed by atoms with E-state index in [1.807, 2.05) is 0 Å². The van der Waals surface area contributed by atoms with Crippen LogP contribution in [0, 0.1) is 0 Å². The minimum Gasteiger partial charge on any atom is -0.493 e. The van der Waals surface area contributed by atoms with Crippen LogP contribution in [-0.4, -0.2) is 41.1 Å². The van der Waals surface area contributed by atoms with Crippen LogP contribution >= 0.6 is 11.3 Å². The summed E-state index contributed by atoms with van der Waals surface area (Å²) >= 11 is 1.05. The molecule has 1 heterocycles. The summed E-state index contributed by atoms with van der Waals surface area (Å²) in [6, 6.07) is 7.58. The highest BCUT2D eigenvalue weighted by molar-refractivity contribution is 7.91. The van der Waals surface area contributed by atoms with Crippen molar-refractivity contribution in [2.75, 3.05) is 20.2 Å². The fourth-order valence-electron chi connectivity index (χ4n) is 2.12. The maximum atomic E-state index is 12.4. The summed E-state index contributed by atoms with van der Waals surface area (Å²) in [5.74, 6) is -0.432. The Bertz CT molecular complexity index is 858. The molecule has 0 saturated heterocycles. The smallest absolute Gasteiger partial charge is 0.387 e. The van der Waals surface area contributed by atoms with E-state index in [1.54, 1.807) is 17.5 Å².